The quantitative estimate of drug-likeness (QED) is 0.493. The summed E-state index contributed by atoms with van der Waals surface area (Å²) in [6.07, 6.45) is 2.97. The fourth-order valence-corrected chi connectivity index (χ4v) is 2.85. The van der Waals surface area contributed by atoms with E-state index < -0.39 is 0 Å². The second-order valence-electron chi connectivity index (χ2n) is 6.54. The summed E-state index contributed by atoms with van der Waals surface area (Å²) < 4.78 is 2.11. The average Bonchev–Trinajstić information content (AvgIpc) is 2.94. The fraction of sp³-hybridized carbons (Fsp3) is 0.350. The smallest absolute Gasteiger partial charge is 0.139 e. The molecule has 5 nitrogen and oxygen atoms in total. The number of pyridine rings is 1. The number of hydrogen-bond acceptors (Lipinski definition) is 4. The van der Waals surface area contributed by atoms with Crippen LogP contribution in [0.15, 0.2) is 48.7 Å². The molecule has 2 aromatic heterocycles. The van der Waals surface area contributed by atoms with Gasteiger partial charge in [0.2, 0.25) is 0 Å². The fourth-order valence-electron chi connectivity index (χ4n) is 2.85. The van der Waals surface area contributed by atoms with Crippen molar-refractivity contribution in [1.82, 2.24) is 9.38 Å². The van der Waals surface area contributed by atoms with Crippen molar-refractivity contribution in [2.24, 2.45) is 5.92 Å². The first-order valence-corrected chi connectivity index (χ1v) is 8.60. The molecule has 3 rings (SSSR count). The first-order chi connectivity index (χ1) is 12.2. The van der Waals surface area contributed by atoms with Crippen molar-refractivity contribution in [3.05, 3.63) is 65.5 Å². The van der Waals surface area contributed by atoms with Crippen molar-refractivity contribution in [2.45, 2.75) is 33.4 Å². The average molecular weight is 339 g/mol. The molecule has 0 radical (unpaired) electrons. The zero-order chi connectivity index (χ0) is 17.6. The van der Waals surface area contributed by atoms with Gasteiger partial charge in [-0.25, -0.2) is 14.8 Å². The van der Waals surface area contributed by atoms with E-state index in [0.29, 0.717) is 12.5 Å². The number of nitrogens with one attached hydrogen (secondary N) is 1. The maximum atomic E-state index is 5.02. The molecular weight excluding hydrogens is 314 g/mol. The number of fused-ring (bicyclic) bond motifs is 1. The molecule has 0 fully saturated rings. The first-order valence-electron chi connectivity index (χ1n) is 8.60. The van der Waals surface area contributed by atoms with Crippen molar-refractivity contribution < 1.29 is 9.78 Å². The molecule has 0 aliphatic rings. The molecule has 0 aliphatic carbocycles. The summed E-state index contributed by atoms with van der Waals surface area (Å²) in [5.41, 5.74) is 4.29. The van der Waals surface area contributed by atoms with E-state index in [2.05, 4.69) is 52.7 Å². The lowest BCUT2D eigenvalue weighted by Gasteiger charge is -2.10. The second-order valence-corrected chi connectivity index (χ2v) is 6.54. The Morgan fingerprint density at radius 2 is 1.92 bits per heavy atom. The van der Waals surface area contributed by atoms with E-state index >= 15 is 0 Å². The summed E-state index contributed by atoms with van der Waals surface area (Å²) in [5, 5.41) is 3.57. The number of benzene rings is 1. The number of aromatic nitrogens is 2. The zero-order valence-corrected chi connectivity index (χ0v) is 15.0. The Labute approximate surface area is 148 Å². The van der Waals surface area contributed by atoms with E-state index in [-0.39, 0.29) is 0 Å². The number of imidazole rings is 1. The maximum absolute atomic E-state index is 5.02. The zero-order valence-electron chi connectivity index (χ0n) is 15.0. The number of nitrogens with zero attached hydrogens (tertiary/aromatic N) is 2. The predicted octanol–water partition coefficient (Wildman–Crippen LogP) is 4.22. The molecule has 25 heavy (non-hydrogen) atoms. The Kier molecular flexibility index (Phi) is 5.68. The minimum atomic E-state index is 0.409. The lowest BCUT2D eigenvalue weighted by molar-refractivity contribution is -0.282. The van der Waals surface area contributed by atoms with Gasteiger partial charge in [-0.2, -0.15) is 0 Å². The van der Waals surface area contributed by atoms with Crippen LogP contribution in [-0.4, -0.2) is 16.5 Å². The molecule has 2 heterocycles. The molecule has 0 saturated heterocycles. The molecule has 0 amide bonds. The van der Waals surface area contributed by atoms with Crippen LogP contribution in [0.2, 0.25) is 0 Å². The molecule has 5 heteroatoms. The molecule has 1 aromatic carbocycles. The predicted molar refractivity (Wildman–Crippen MR) is 99.3 cm³/mol. The van der Waals surface area contributed by atoms with Crippen molar-refractivity contribution >= 4 is 11.5 Å². The number of anilines is 1. The van der Waals surface area contributed by atoms with Crippen LogP contribution >= 0.6 is 0 Å². The van der Waals surface area contributed by atoms with Crippen LogP contribution in [0.1, 0.15) is 30.7 Å². The summed E-state index contributed by atoms with van der Waals surface area (Å²) in [5.74, 6) is 1.60. The van der Waals surface area contributed by atoms with E-state index in [1.54, 1.807) is 0 Å². The molecule has 0 spiro atoms. The third-order valence-corrected chi connectivity index (χ3v) is 4.01. The van der Waals surface area contributed by atoms with Crippen molar-refractivity contribution in [1.29, 1.82) is 0 Å². The highest BCUT2D eigenvalue weighted by atomic mass is 17.2. The summed E-state index contributed by atoms with van der Waals surface area (Å²) in [4.78, 5) is 14.5. The van der Waals surface area contributed by atoms with Gasteiger partial charge in [0.1, 0.15) is 18.1 Å². The highest BCUT2D eigenvalue weighted by molar-refractivity contribution is 5.56. The van der Waals surface area contributed by atoms with Crippen LogP contribution in [0.3, 0.4) is 0 Å². The Morgan fingerprint density at radius 3 is 2.64 bits per heavy atom. The molecule has 0 bridgehead atoms. The van der Waals surface area contributed by atoms with E-state index in [0.717, 1.165) is 35.7 Å². The highest BCUT2D eigenvalue weighted by Crippen LogP contribution is 2.23. The van der Waals surface area contributed by atoms with Crippen LogP contribution in [0.25, 0.3) is 5.65 Å². The highest BCUT2D eigenvalue weighted by Gasteiger charge is 2.14. The maximum Gasteiger partial charge on any atom is 0.139 e. The number of rotatable bonds is 8. The van der Waals surface area contributed by atoms with Crippen LogP contribution in [0.4, 0.5) is 5.82 Å². The van der Waals surface area contributed by atoms with Gasteiger partial charge in [-0.15, -0.1) is 0 Å². The molecule has 1 N–H and O–H groups in total. The third kappa shape index (κ3) is 4.38. The van der Waals surface area contributed by atoms with Gasteiger partial charge in [0, 0.05) is 12.7 Å². The first kappa shape index (κ1) is 17.5. The van der Waals surface area contributed by atoms with E-state index in [1.807, 2.05) is 24.4 Å². The standard InChI is InChI=1S/C20H25N3O2/c1-15(2)11-18-20(21-13-16-7-5-4-6-8-16)23-10-9-17(14-25-24-3)12-19(23)22-18/h4-10,12,15,21H,11,13-14H2,1-3H3. The van der Waals surface area contributed by atoms with Crippen LogP contribution < -0.4 is 5.32 Å². The molecule has 0 aliphatic heterocycles. The monoisotopic (exact) mass is 339 g/mol. The molecule has 3 aromatic rings. The van der Waals surface area contributed by atoms with Gasteiger partial charge in [0.05, 0.1) is 12.8 Å². The minimum Gasteiger partial charge on any atom is -0.366 e. The molecule has 132 valence electrons. The molecule has 0 unspecified atom stereocenters. The van der Waals surface area contributed by atoms with Gasteiger partial charge in [-0.05, 0) is 35.6 Å². The SMILES string of the molecule is COOCc1ccn2c(NCc3ccccc3)c(CC(C)C)nc2c1. The van der Waals surface area contributed by atoms with Gasteiger partial charge < -0.3 is 5.32 Å². The Hall–Kier alpha value is -2.37. The van der Waals surface area contributed by atoms with Gasteiger partial charge in [-0.3, -0.25) is 4.40 Å². The summed E-state index contributed by atoms with van der Waals surface area (Å²) in [6.45, 7) is 5.60. The van der Waals surface area contributed by atoms with Crippen molar-refractivity contribution in [3.63, 3.8) is 0 Å². The Bertz CT molecular complexity index is 812. The summed E-state index contributed by atoms with van der Waals surface area (Å²) >= 11 is 0. The normalized spacial score (nSPS) is 11.4. The third-order valence-electron chi connectivity index (χ3n) is 4.01. The second kappa shape index (κ2) is 8.14. The Balaban J connectivity index is 1.89. The lowest BCUT2D eigenvalue weighted by atomic mass is 10.1. The van der Waals surface area contributed by atoms with Crippen LogP contribution in [0.5, 0.6) is 0 Å². The minimum absolute atomic E-state index is 0.409. The molecule has 0 saturated carbocycles. The van der Waals surface area contributed by atoms with Crippen LogP contribution in [-0.2, 0) is 29.3 Å². The van der Waals surface area contributed by atoms with Crippen molar-refractivity contribution in [3.8, 4) is 0 Å². The largest absolute Gasteiger partial charge is 0.366 e. The molecular formula is C20H25N3O2. The van der Waals surface area contributed by atoms with Crippen molar-refractivity contribution in [2.75, 3.05) is 12.4 Å². The van der Waals surface area contributed by atoms with Gasteiger partial charge in [0.25, 0.3) is 0 Å². The van der Waals surface area contributed by atoms with Gasteiger partial charge in [0.15, 0.2) is 0 Å². The lowest BCUT2D eigenvalue weighted by Crippen LogP contribution is -2.06. The van der Waals surface area contributed by atoms with Gasteiger partial charge in [-0.1, -0.05) is 44.2 Å². The van der Waals surface area contributed by atoms with E-state index in [9.17, 15) is 0 Å². The van der Waals surface area contributed by atoms with Crippen LogP contribution in [0, 0.1) is 5.92 Å². The number of hydrogen-bond donors (Lipinski definition) is 1. The topological polar surface area (TPSA) is 47.8 Å². The Morgan fingerprint density at radius 1 is 1.12 bits per heavy atom. The summed E-state index contributed by atoms with van der Waals surface area (Å²) in [7, 11) is 1.51. The van der Waals surface area contributed by atoms with E-state index in [4.69, 9.17) is 9.87 Å². The van der Waals surface area contributed by atoms with Gasteiger partial charge >= 0.3 is 0 Å². The summed E-state index contributed by atoms with van der Waals surface area (Å²) in [6, 6.07) is 14.5. The van der Waals surface area contributed by atoms with E-state index in [1.165, 1.54) is 12.7 Å². The molecule has 0 atom stereocenters.